The van der Waals surface area contributed by atoms with Crippen LogP contribution in [0.4, 0.5) is 4.39 Å². The maximum Gasteiger partial charge on any atom is 0.245 e. The number of hydrogen-bond donors (Lipinski definition) is 0. The number of aromatic nitrogens is 5. The SMILES string of the molecule is C=C/N=C(\C=C/C)C(=O)[C@@H]1C[C@@H](F)CN1C(=O)Cn1nc(C(C)=O)c2cc(-c3cnc(C)nc3)ncc21. The van der Waals surface area contributed by atoms with Gasteiger partial charge in [0.25, 0.3) is 0 Å². The van der Waals surface area contributed by atoms with E-state index < -0.39 is 23.9 Å². The quantitative estimate of drug-likeness (QED) is 0.342. The Morgan fingerprint density at radius 3 is 2.59 bits per heavy atom. The number of Topliss-reactive ketones (excluding diaryl/α,β-unsaturated/α-hetero) is 2. The van der Waals surface area contributed by atoms with Gasteiger partial charge in [-0.1, -0.05) is 12.7 Å². The molecule has 4 heterocycles. The molecule has 2 atom stereocenters. The zero-order chi connectivity index (χ0) is 26.7. The number of ketones is 2. The number of carbonyl (C=O) groups excluding carboxylic acids is 3. The number of fused-ring (bicyclic) bond motifs is 1. The minimum absolute atomic E-state index is 0.0922. The van der Waals surface area contributed by atoms with Crippen LogP contribution >= 0.6 is 0 Å². The van der Waals surface area contributed by atoms with Gasteiger partial charge in [0.05, 0.1) is 30.0 Å². The lowest BCUT2D eigenvalue weighted by Crippen LogP contribution is -2.44. The average molecular weight is 504 g/mol. The zero-order valence-electron chi connectivity index (χ0n) is 20.8. The lowest BCUT2D eigenvalue weighted by atomic mass is 10.0. The molecule has 0 aliphatic carbocycles. The number of halogens is 1. The number of aliphatic imine (C=N–C) groups is 1. The molecule has 11 heteroatoms. The van der Waals surface area contributed by atoms with Crippen LogP contribution in [0.1, 0.15) is 36.6 Å². The summed E-state index contributed by atoms with van der Waals surface area (Å²) in [5.74, 6) is -0.646. The molecule has 10 nitrogen and oxygen atoms in total. The Morgan fingerprint density at radius 2 is 1.95 bits per heavy atom. The van der Waals surface area contributed by atoms with Gasteiger partial charge in [-0.25, -0.2) is 14.4 Å². The van der Waals surface area contributed by atoms with Crippen LogP contribution in [0.3, 0.4) is 0 Å². The van der Waals surface area contributed by atoms with Crippen LogP contribution in [-0.4, -0.2) is 71.6 Å². The summed E-state index contributed by atoms with van der Waals surface area (Å²) in [7, 11) is 0. The molecular formula is C26H26FN7O3. The van der Waals surface area contributed by atoms with Crippen LogP contribution in [0.15, 0.2) is 54.6 Å². The van der Waals surface area contributed by atoms with Gasteiger partial charge in [-0.05, 0) is 26.0 Å². The standard InChI is InChI=1S/C26H26FN7O3/c1-5-7-20(28-6-2)26(37)22-8-18(27)13-33(22)24(36)14-34-23-12-31-21(17-10-29-16(4)30-11-17)9-19(23)25(32-34)15(3)35/h5-7,9-12,18,22H,2,8,13-14H2,1,3-4H3/b7-5-,28-20+/t18-,22+/m1/s1. The third kappa shape index (κ3) is 5.25. The first-order chi connectivity index (χ1) is 17.7. The molecule has 1 amide bonds. The molecule has 0 N–H and O–H groups in total. The van der Waals surface area contributed by atoms with E-state index in [2.05, 4.69) is 31.6 Å². The molecule has 0 unspecified atom stereocenters. The van der Waals surface area contributed by atoms with Crippen LogP contribution in [-0.2, 0) is 16.1 Å². The van der Waals surface area contributed by atoms with Crippen molar-refractivity contribution < 1.29 is 18.8 Å². The van der Waals surface area contributed by atoms with Crippen molar-refractivity contribution in [2.75, 3.05) is 6.54 Å². The predicted molar refractivity (Wildman–Crippen MR) is 136 cm³/mol. The van der Waals surface area contributed by atoms with E-state index in [1.54, 1.807) is 38.4 Å². The van der Waals surface area contributed by atoms with Crippen LogP contribution in [0, 0.1) is 6.92 Å². The number of likely N-dealkylation sites (tertiary alicyclic amines) is 1. The van der Waals surface area contributed by atoms with Crippen molar-refractivity contribution in [1.29, 1.82) is 0 Å². The van der Waals surface area contributed by atoms with Crippen LogP contribution in [0.25, 0.3) is 22.2 Å². The van der Waals surface area contributed by atoms with Crippen molar-refractivity contribution in [3.8, 4) is 11.3 Å². The minimum Gasteiger partial charge on any atom is -0.328 e. The molecule has 3 aromatic rings. The Bertz CT molecular complexity index is 1440. The lowest BCUT2D eigenvalue weighted by molar-refractivity contribution is -0.136. The second kappa shape index (κ2) is 10.7. The summed E-state index contributed by atoms with van der Waals surface area (Å²) in [6, 6.07) is 0.695. The number of alkyl halides is 1. The van der Waals surface area contributed by atoms with Gasteiger partial charge in [-0.2, -0.15) is 5.10 Å². The first-order valence-corrected chi connectivity index (χ1v) is 11.7. The Labute approximate surface area is 212 Å². The molecule has 4 rings (SSSR count). The monoisotopic (exact) mass is 503 g/mol. The van der Waals surface area contributed by atoms with Gasteiger partial charge in [-0.3, -0.25) is 29.0 Å². The Kier molecular flexibility index (Phi) is 7.42. The number of amides is 1. The van der Waals surface area contributed by atoms with Crippen molar-refractivity contribution in [3.63, 3.8) is 0 Å². The highest BCUT2D eigenvalue weighted by Crippen LogP contribution is 2.26. The number of pyridine rings is 1. The maximum atomic E-state index is 14.4. The van der Waals surface area contributed by atoms with Crippen molar-refractivity contribution in [1.82, 2.24) is 29.6 Å². The molecule has 1 fully saturated rings. The largest absolute Gasteiger partial charge is 0.328 e. The van der Waals surface area contributed by atoms with Crippen LogP contribution in [0.5, 0.6) is 0 Å². The van der Waals surface area contributed by atoms with E-state index in [0.717, 1.165) is 0 Å². The summed E-state index contributed by atoms with van der Waals surface area (Å²) in [6.07, 6.45) is 7.67. The summed E-state index contributed by atoms with van der Waals surface area (Å²) in [6.45, 7) is 7.87. The first kappa shape index (κ1) is 25.7. The van der Waals surface area contributed by atoms with E-state index in [9.17, 15) is 18.8 Å². The number of aryl methyl sites for hydroxylation is 1. The Hall–Kier alpha value is -4.41. The molecular weight excluding hydrogens is 477 g/mol. The van der Waals surface area contributed by atoms with Crippen LogP contribution in [0.2, 0.25) is 0 Å². The topological polar surface area (TPSA) is 123 Å². The lowest BCUT2D eigenvalue weighted by Gasteiger charge is -2.23. The normalized spacial score (nSPS) is 18.1. The minimum atomic E-state index is -1.35. The number of nitrogens with zero attached hydrogens (tertiary/aromatic N) is 7. The van der Waals surface area contributed by atoms with E-state index >= 15 is 0 Å². The van der Waals surface area contributed by atoms with E-state index in [1.807, 2.05) is 0 Å². The maximum absolute atomic E-state index is 14.4. The Balaban J connectivity index is 1.66. The van der Waals surface area contributed by atoms with E-state index in [-0.39, 0.29) is 36.7 Å². The molecule has 0 saturated carbocycles. The van der Waals surface area contributed by atoms with Crippen molar-refractivity contribution in [3.05, 3.63) is 61.1 Å². The zero-order valence-corrected chi connectivity index (χ0v) is 20.8. The summed E-state index contributed by atoms with van der Waals surface area (Å²) in [4.78, 5) is 56.7. The predicted octanol–water partition coefficient (Wildman–Crippen LogP) is 3.07. The van der Waals surface area contributed by atoms with Gasteiger partial charge >= 0.3 is 0 Å². The molecule has 1 aliphatic rings. The molecule has 37 heavy (non-hydrogen) atoms. The average Bonchev–Trinajstić information content (AvgIpc) is 3.44. The molecule has 3 aromatic heterocycles. The third-order valence-electron chi connectivity index (χ3n) is 6.01. The second-order valence-corrected chi connectivity index (χ2v) is 8.62. The van der Waals surface area contributed by atoms with Gasteiger partial charge in [0, 0.05) is 42.9 Å². The fraction of sp³-hybridized carbons (Fsp3) is 0.308. The number of carbonyl (C=O) groups is 3. The molecule has 190 valence electrons. The van der Waals surface area contributed by atoms with Gasteiger partial charge in [0.15, 0.2) is 5.78 Å². The highest BCUT2D eigenvalue weighted by Gasteiger charge is 2.41. The summed E-state index contributed by atoms with van der Waals surface area (Å²) >= 11 is 0. The van der Waals surface area contributed by atoms with Crippen molar-refractivity contribution in [2.24, 2.45) is 4.99 Å². The summed E-state index contributed by atoms with van der Waals surface area (Å²) in [5, 5.41) is 4.86. The molecule has 1 aliphatic heterocycles. The molecule has 0 spiro atoms. The molecule has 0 bridgehead atoms. The highest BCUT2D eigenvalue weighted by atomic mass is 19.1. The number of hydrogen-bond acceptors (Lipinski definition) is 8. The van der Waals surface area contributed by atoms with E-state index in [1.165, 1.54) is 35.0 Å². The molecule has 0 radical (unpaired) electrons. The fourth-order valence-corrected chi connectivity index (χ4v) is 4.28. The van der Waals surface area contributed by atoms with E-state index in [0.29, 0.717) is 28.0 Å². The van der Waals surface area contributed by atoms with Gasteiger partial charge in [0.2, 0.25) is 11.7 Å². The smallest absolute Gasteiger partial charge is 0.245 e. The molecule has 1 saturated heterocycles. The van der Waals surface area contributed by atoms with Gasteiger partial charge in [0.1, 0.15) is 29.9 Å². The fourth-order valence-electron chi connectivity index (χ4n) is 4.28. The summed E-state index contributed by atoms with van der Waals surface area (Å²) in [5.41, 5.74) is 1.93. The van der Waals surface area contributed by atoms with Gasteiger partial charge in [-0.15, -0.1) is 0 Å². The first-order valence-electron chi connectivity index (χ1n) is 11.7. The van der Waals surface area contributed by atoms with E-state index in [4.69, 9.17) is 0 Å². The van der Waals surface area contributed by atoms with Crippen molar-refractivity contribution >= 4 is 34.1 Å². The number of rotatable bonds is 8. The van der Waals surface area contributed by atoms with Crippen LogP contribution < -0.4 is 0 Å². The number of allylic oxidation sites excluding steroid dienone is 2. The van der Waals surface area contributed by atoms with Crippen molar-refractivity contribution in [2.45, 2.75) is 46.0 Å². The molecule has 0 aromatic carbocycles. The third-order valence-corrected chi connectivity index (χ3v) is 6.01. The highest BCUT2D eigenvalue weighted by molar-refractivity contribution is 6.46. The van der Waals surface area contributed by atoms with Gasteiger partial charge < -0.3 is 4.90 Å². The second-order valence-electron chi connectivity index (χ2n) is 8.62. The Morgan fingerprint density at radius 1 is 1.22 bits per heavy atom. The summed E-state index contributed by atoms with van der Waals surface area (Å²) < 4.78 is 15.8.